The van der Waals surface area contributed by atoms with E-state index in [9.17, 15) is 19.0 Å². The van der Waals surface area contributed by atoms with Gasteiger partial charge < -0.3 is 19.8 Å². The number of benzene rings is 2. The number of carboxylic acid groups (broad SMARTS) is 1. The number of aliphatic carboxylic acids is 1. The van der Waals surface area contributed by atoms with Crippen LogP contribution in [-0.2, 0) is 4.79 Å². The highest BCUT2D eigenvalue weighted by Crippen LogP contribution is 2.62. The second kappa shape index (κ2) is 10.5. The average molecular weight is 496 g/mol. The zero-order valence-electron chi connectivity index (χ0n) is 19.3. The number of aromatic hydroxyl groups is 1. The number of carbonyl (C=O) groups is 1. The molecule has 1 heterocycles. The van der Waals surface area contributed by atoms with Crippen LogP contribution >= 0.6 is 22.4 Å². The van der Waals surface area contributed by atoms with Gasteiger partial charge in [0.2, 0.25) is 0 Å². The van der Waals surface area contributed by atoms with Gasteiger partial charge in [-0.2, -0.15) is 10.6 Å². The number of phenols is 1. The molecule has 0 radical (unpaired) electrons. The Morgan fingerprint density at radius 2 is 1.91 bits per heavy atom. The van der Waals surface area contributed by atoms with E-state index in [0.717, 1.165) is 31.4 Å². The van der Waals surface area contributed by atoms with E-state index < -0.39 is 23.2 Å². The van der Waals surface area contributed by atoms with Crippen molar-refractivity contribution in [2.45, 2.75) is 49.3 Å². The topological polar surface area (TPSA) is 110 Å². The van der Waals surface area contributed by atoms with Crippen LogP contribution in [0.25, 0.3) is 0 Å². The first-order chi connectivity index (χ1) is 15.6. The summed E-state index contributed by atoms with van der Waals surface area (Å²) in [6.07, 6.45) is 5.50. The van der Waals surface area contributed by atoms with E-state index in [1.165, 1.54) is 11.8 Å². The minimum atomic E-state index is -3.19. The van der Waals surface area contributed by atoms with Crippen molar-refractivity contribution in [3.8, 4) is 11.5 Å². The van der Waals surface area contributed by atoms with Crippen molar-refractivity contribution in [2.75, 3.05) is 30.1 Å². The molecule has 0 bridgehead atoms. The van der Waals surface area contributed by atoms with Crippen LogP contribution in [-0.4, -0.2) is 50.4 Å². The molecule has 3 rings (SSSR count). The molecule has 9 heteroatoms. The van der Waals surface area contributed by atoms with Crippen molar-refractivity contribution in [2.24, 2.45) is 5.41 Å². The molecule has 4 N–H and O–H groups in total. The van der Waals surface area contributed by atoms with Gasteiger partial charge in [0.1, 0.15) is 11.5 Å². The molecule has 182 valence electrons. The first kappa shape index (κ1) is 25.6. The van der Waals surface area contributed by atoms with Crippen LogP contribution in [0.5, 0.6) is 11.5 Å². The number of anilines is 2. The minimum absolute atomic E-state index is 0.160. The predicted octanol–water partition coefficient (Wildman–Crippen LogP) is 6.43. The molecule has 0 saturated carbocycles. The maximum atomic E-state index is 11.4. The van der Waals surface area contributed by atoms with Crippen LogP contribution in [0.1, 0.15) is 39.5 Å². The molecule has 1 aliphatic rings. The van der Waals surface area contributed by atoms with E-state index >= 15 is 0 Å². The zero-order valence-corrected chi connectivity index (χ0v) is 20.9. The second-order valence-electron chi connectivity index (χ2n) is 8.52. The third-order valence-electron chi connectivity index (χ3n) is 6.21. The number of fused-ring (bicyclic) bond motifs is 1. The normalized spacial score (nSPS) is 20.6. The third-order valence-corrected chi connectivity index (χ3v) is 9.02. The van der Waals surface area contributed by atoms with Gasteiger partial charge in [0.05, 0.1) is 15.5 Å². The number of carboxylic acids is 1. The molecule has 0 fully saturated rings. The van der Waals surface area contributed by atoms with Gasteiger partial charge in [0.15, 0.2) is 6.61 Å². The first-order valence-electron chi connectivity index (χ1n) is 11.0. The Morgan fingerprint density at radius 3 is 2.48 bits per heavy atom. The minimum Gasteiger partial charge on any atom is -0.508 e. The molecule has 0 aromatic heterocycles. The second-order valence-corrected chi connectivity index (χ2v) is 11.4. The summed E-state index contributed by atoms with van der Waals surface area (Å²) in [6.45, 7) is 4.30. The van der Waals surface area contributed by atoms with Crippen molar-refractivity contribution in [3.63, 3.8) is 0 Å². The van der Waals surface area contributed by atoms with Crippen LogP contribution in [0.2, 0.25) is 0 Å². The fourth-order valence-electron chi connectivity index (χ4n) is 4.34. The Hall–Kier alpha value is -2.07. The Kier molecular flexibility index (Phi) is 8.10. The van der Waals surface area contributed by atoms with E-state index in [4.69, 9.17) is 9.84 Å². The highest BCUT2D eigenvalue weighted by atomic mass is 32.3. The summed E-state index contributed by atoms with van der Waals surface area (Å²) < 4.78 is 28.4. The molecule has 0 amide bonds. The summed E-state index contributed by atoms with van der Waals surface area (Å²) in [5.41, 5.74) is 1.18. The number of hydrogen-bond donors (Lipinski definition) is 4. The lowest BCUT2D eigenvalue weighted by Crippen LogP contribution is -2.37. The summed E-state index contributed by atoms with van der Waals surface area (Å²) in [4.78, 5) is 14.2. The Labute approximate surface area is 201 Å². The van der Waals surface area contributed by atoms with Crippen LogP contribution in [0.15, 0.2) is 46.2 Å². The number of hydrogen-bond acceptors (Lipinski definition) is 7. The third kappa shape index (κ3) is 5.71. The van der Waals surface area contributed by atoms with E-state index in [2.05, 4.69) is 18.7 Å². The van der Waals surface area contributed by atoms with Gasteiger partial charge in [-0.15, -0.1) is 11.8 Å². The Morgan fingerprint density at radius 1 is 1.21 bits per heavy atom. The number of unbranched alkanes of at least 4 members (excludes halogenated alkanes) is 1. The lowest BCUT2D eigenvalue weighted by atomic mass is 9.81. The smallest absolute Gasteiger partial charge is 0.341 e. The summed E-state index contributed by atoms with van der Waals surface area (Å²) in [6, 6.07) is 10.3. The molecule has 0 saturated heterocycles. The van der Waals surface area contributed by atoms with E-state index in [0.29, 0.717) is 27.8 Å². The molecule has 2 aromatic rings. The van der Waals surface area contributed by atoms with Gasteiger partial charge in [0.25, 0.3) is 0 Å². The molecule has 7 nitrogen and oxygen atoms in total. The van der Waals surface area contributed by atoms with Gasteiger partial charge in [-0.1, -0.05) is 26.7 Å². The van der Waals surface area contributed by atoms with Crippen molar-refractivity contribution in [3.05, 3.63) is 36.4 Å². The summed E-state index contributed by atoms with van der Waals surface area (Å²) in [7, 11) is -3.19. The van der Waals surface area contributed by atoms with Crippen molar-refractivity contribution in [1.29, 1.82) is 0 Å². The predicted molar refractivity (Wildman–Crippen MR) is 135 cm³/mol. The molecule has 2 aromatic carbocycles. The molecular formula is C24H33NO6S2. The number of ether oxygens (including phenoxy) is 1. The Balaban J connectivity index is 2.22. The molecule has 0 aliphatic carbocycles. The van der Waals surface area contributed by atoms with Crippen LogP contribution < -0.4 is 9.64 Å². The fraction of sp³-hybridized carbons (Fsp3) is 0.458. The SMILES string of the molecule is CCCC[C@]1(CC)CN(c2ccc(O)cc2)c2cc(SC)c(OCC(=O)O)cc2S(O)(O)C1. The van der Waals surface area contributed by atoms with Gasteiger partial charge in [0, 0.05) is 29.5 Å². The van der Waals surface area contributed by atoms with Crippen molar-refractivity contribution in [1.82, 2.24) is 0 Å². The number of phenolic OH excluding ortho intramolecular Hbond substituents is 1. The average Bonchev–Trinajstić information content (AvgIpc) is 2.88. The Bertz CT molecular complexity index is 982. The van der Waals surface area contributed by atoms with Crippen LogP contribution in [0.3, 0.4) is 0 Å². The van der Waals surface area contributed by atoms with Gasteiger partial charge in [-0.05, 0) is 49.4 Å². The first-order valence-corrected chi connectivity index (χ1v) is 14.0. The fourth-order valence-corrected chi connectivity index (χ4v) is 7.14. The summed E-state index contributed by atoms with van der Waals surface area (Å²) in [5, 5.41) is 18.9. The van der Waals surface area contributed by atoms with Crippen molar-refractivity contribution >= 4 is 39.7 Å². The van der Waals surface area contributed by atoms with Gasteiger partial charge in [-0.3, -0.25) is 9.11 Å². The van der Waals surface area contributed by atoms with Crippen LogP contribution in [0, 0.1) is 5.41 Å². The molecule has 1 atom stereocenters. The summed E-state index contributed by atoms with van der Waals surface area (Å²) >= 11 is 1.41. The molecular weight excluding hydrogens is 462 g/mol. The molecule has 33 heavy (non-hydrogen) atoms. The summed E-state index contributed by atoms with van der Waals surface area (Å²) in [5.74, 6) is -0.381. The van der Waals surface area contributed by atoms with Crippen LogP contribution in [0.4, 0.5) is 11.4 Å². The highest BCUT2D eigenvalue weighted by Gasteiger charge is 2.42. The maximum absolute atomic E-state index is 11.4. The van der Waals surface area contributed by atoms with Gasteiger partial charge in [-0.25, -0.2) is 4.79 Å². The quantitative estimate of drug-likeness (QED) is 0.295. The molecule has 1 aliphatic heterocycles. The standard InChI is InChI=1S/C24H33NO6S2/c1-4-6-11-24(5-2)15-25(17-7-9-18(26)10-8-17)19-12-21(32-3)20(31-14-23(27)28)13-22(19)33(29,30)16-24/h7-10,12-13,26,29-30H,4-6,11,14-16H2,1-3H3,(H,27,28)/t24-/m1/s1. The number of rotatable bonds is 9. The number of nitrogens with zero attached hydrogens (tertiary/aromatic N) is 1. The molecule has 0 unspecified atom stereocenters. The van der Waals surface area contributed by atoms with Crippen molar-refractivity contribution < 1.29 is 28.8 Å². The van der Waals surface area contributed by atoms with Gasteiger partial charge >= 0.3 is 5.97 Å². The van der Waals surface area contributed by atoms with E-state index in [-0.39, 0.29) is 16.9 Å². The maximum Gasteiger partial charge on any atom is 0.341 e. The largest absolute Gasteiger partial charge is 0.508 e. The van der Waals surface area contributed by atoms with E-state index in [1.807, 2.05) is 24.5 Å². The molecule has 0 spiro atoms. The lowest BCUT2D eigenvalue weighted by molar-refractivity contribution is -0.139. The number of thioether (sulfide) groups is 1. The highest BCUT2D eigenvalue weighted by molar-refractivity contribution is 8.24. The zero-order chi connectivity index (χ0) is 24.2. The van der Waals surface area contributed by atoms with E-state index in [1.54, 1.807) is 18.2 Å². The lowest BCUT2D eigenvalue weighted by Gasteiger charge is -2.41. The monoisotopic (exact) mass is 495 g/mol.